The fourth-order valence-corrected chi connectivity index (χ4v) is 2.00. The van der Waals surface area contributed by atoms with E-state index in [2.05, 4.69) is 10.6 Å². The van der Waals surface area contributed by atoms with Gasteiger partial charge in [0.1, 0.15) is 18.5 Å². The zero-order valence-corrected chi connectivity index (χ0v) is 12.0. The molecule has 2 rings (SSSR count). The maximum Gasteiger partial charge on any atom is 0.314 e. The molecule has 2 aromatic carbocycles. The molecule has 3 N–H and O–H groups in total. The van der Waals surface area contributed by atoms with Crippen LogP contribution in [0.15, 0.2) is 42.5 Å². The predicted octanol–water partition coefficient (Wildman–Crippen LogP) is 1.90. The van der Waals surface area contributed by atoms with Crippen LogP contribution in [0.4, 0.5) is 4.79 Å². The van der Waals surface area contributed by atoms with Crippen molar-refractivity contribution in [3.05, 3.63) is 42.5 Å². The van der Waals surface area contributed by atoms with Gasteiger partial charge < -0.3 is 20.5 Å². The molecule has 112 valence electrons. The van der Waals surface area contributed by atoms with E-state index < -0.39 is 6.10 Å². The highest BCUT2D eigenvalue weighted by Gasteiger charge is 2.08. The lowest BCUT2D eigenvalue weighted by Crippen LogP contribution is -2.41. The van der Waals surface area contributed by atoms with Crippen molar-refractivity contribution in [2.45, 2.75) is 13.0 Å². The number of rotatable bonds is 6. The number of ether oxygens (including phenoxy) is 1. The molecule has 21 heavy (non-hydrogen) atoms. The third-order valence-electron chi connectivity index (χ3n) is 3.02. The summed E-state index contributed by atoms with van der Waals surface area (Å²) in [5.41, 5.74) is 0. The maximum atomic E-state index is 11.2. The molecule has 0 saturated carbocycles. The molecule has 1 atom stereocenters. The molecule has 2 amide bonds. The van der Waals surface area contributed by atoms with Crippen LogP contribution in [-0.2, 0) is 0 Å². The van der Waals surface area contributed by atoms with Gasteiger partial charge in [0.15, 0.2) is 0 Å². The molecular formula is C16H20N2O3. The molecule has 0 spiro atoms. The Hall–Kier alpha value is -2.27. The smallest absolute Gasteiger partial charge is 0.314 e. The predicted molar refractivity (Wildman–Crippen MR) is 82.5 cm³/mol. The highest BCUT2D eigenvalue weighted by atomic mass is 16.5. The summed E-state index contributed by atoms with van der Waals surface area (Å²) in [4.78, 5) is 11.2. The number of amides is 2. The Labute approximate surface area is 123 Å². The largest absolute Gasteiger partial charge is 0.490 e. The molecule has 0 aliphatic heterocycles. The molecule has 0 radical (unpaired) electrons. The van der Waals surface area contributed by atoms with E-state index in [4.69, 9.17) is 4.74 Å². The van der Waals surface area contributed by atoms with Gasteiger partial charge in [-0.25, -0.2) is 4.79 Å². The molecule has 0 heterocycles. The quantitative estimate of drug-likeness (QED) is 0.760. The van der Waals surface area contributed by atoms with Crippen molar-refractivity contribution in [3.8, 4) is 5.75 Å². The van der Waals surface area contributed by atoms with E-state index in [1.807, 2.05) is 49.4 Å². The molecule has 0 aliphatic carbocycles. The van der Waals surface area contributed by atoms with Crippen molar-refractivity contribution in [1.82, 2.24) is 10.6 Å². The average Bonchev–Trinajstić information content (AvgIpc) is 2.51. The summed E-state index contributed by atoms with van der Waals surface area (Å²) >= 11 is 0. The normalized spacial score (nSPS) is 11.9. The Morgan fingerprint density at radius 1 is 1.19 bits per heavy atom. The zero-order valence-electron chi connectivity index (χ0n) is 12.0. The molecular weight excluding hydrogens is 268 g/mol. The number of hydrogen-bond acceptors (Lipinski definition) is 3. The molecule has 0 aliphatic rings. The standard InChI is InChI=1S/C16H20N2O3/c1-2-17-16(20)18-10-13(19)11-21-15-9-5-7-12-6-3-4-8-14(12)15/h3-9,13,19H,2,10-11H2,1H3,(H2,17,18,20)/t13-/m1/s1. The second-order valence-corrected chi connectivity index (χ2v) is 4.68. The fraction of sp³-hybridized carbons (Fsp3) is 0.312. The minimum atomic E-state index is -0.758. The minimum absolute atomic E-state index is 0.125. The van der Waals surface area contributed by atoms with Crippen LogP contribution in [0.3, 0.4) is 0 Å². The van der Waals surface area contributed by atoms with E-state index in [1.54, 1.807) is 0 Å². The van der Waals surface area contributed by atoms with Crippen LogP contribution in [-0.4, -0.2) is 36.9 Å². The second kappa shape index (κ2) is 7.50. The van der Waals surface area contributed by atoms with E-state index in [0.29, 0.717) is 6.54 Å². The topological polar surface area (TPSA) is 70.6 Å². The van der Waals surface area contributed by atoms with Gasteiger partial charge in [0, 0.05) is 18.5 Å². The lowest BCUT2D eigenvalue weighted by molar-refractivity contribution is 0.108. The van der Waals surface area contributed by atoms with Crippen LogP contribution in [0.2, 0.25) is 0 Å². The molecule has 2 aromatic rings. The first kappa shape index (κ1) is 15.1. The number of carbonyl (C=O) groups is 1. The number of nitrogens with one attached hydrogen (secondary N) is 2. The van der Waals surface area contributed by atoms with Crippen molar-refractivity contribution in [2.24, 2.45) is 0 Å². The fourth-order valence-electron chi connectivity index (χ4n) is 2.00. The molecule has 0 aromatic heterocycles. The first-order valence-corrected chi connectivity index (χ1v) is 7.01. The lowest BCUT2D eigenvalue weighted by Gasteiger charge is -2.14. The number of aliphatic hydroxyl groups excluding tert-OH is 1. The van der Waals surface area contributed by atoms with E-state index in [-0.39, 0.29) is 19.2 Å². The number of benzene rings is 2. The van der Waals surface area contributed by atoms with Crippen LogP contribution < -0.4 is 15.4 Å². The van der Waals surface area contributed by atoms with Gasteiger partial charge in [0.05, 0.1) is 0 Å². The Morgan fingerprint density at radius 2 is 1.95 bits per heavy atom. The summed E-state index contributed by atoms with van der Waals surface area (Å²) in [7, 11) is 0. The molecule has 5 heteroatoms. The number of urea groups is 1. The highest BCUT2D eigenvalue weighted by molar-refractivity contribution is 5.88. The molecule has 0 fully saturated rings. The van der Waals surface area contributed by atoms with E-state index in [0.717, 1.165) is 16.5 Å². The molecule has 0 bridgehead atoms. The van der Waals surface area contributed by atoms with Crippen molar-refractivity contribution >= 4 is 16.8 Å². The van der Waals surface area contributed by atoms with Gasteiger partial charge in [-0.2, -0.15) is 0 Å². The van der Waals surface area contributed by atoms with Crippen LogP contribution in [0, 0.1) is 0 Å². The first-order chi connectivity index (χ1) is 10.2. The molecule has 0 unspecified atom stereocenters. The van der Waals surface area contributed by atoms with E-state index in [9.17, 15) is 9.90 Å². The van der Waals surface area contributed by atoms with E-state index >= 15 is 0 Å². The summed E-state index contributed by atoms with van der Waals surface area (Å²) in [6.07, 6.45) is -0.758. The Morgan fingerprint density at radius 3 is 2.76 bits per heavy atom. The van der Waals surface area contributed by atoms with Crippen molar-refractivity contribution in [1.29, 1.82) is 0 Å². The van der Waals surface area contributed by atoms with Crippen molar-refractivity contribution in [3.63, 3.8) is 0 Å². The lowest BCUT2D eigenvalue weighted by atomic mass is 10.1. The number of carbonyl (C=O) groups excluding carboxylic acids is 1. The zero-order chi connectivity index (χ0) is 15.1. The molecule has 5 nitrogen and oxygen atoms in total. The van der Waals surface area contributed by atoms with Crippen LogP contribution in [0.25, 0.3) is 10.8 Å². The van der Waals surface area contributed by atoms with E-state index in [1.165, 1.54) is 0 Å². The van der Waals surface area contributed by atoms with Gasteiger partial charge >= 0.3 is 6.03 Å². The van der Waals surface area contributed by atoms with Crippen LogP contribution in [0.5, 0.6) is 5.75 Å². The summed E-state index contributed by atoms with van der Waals surface area (Å²) in [5.74, 6) is 0.727. The third kappa shape index (κ3) is 4.36. The third-order valence-corrected chi connectivity index (χ3v) is 3.02. The van der Waals surface area contributed by atoms with Crippen LogP contribution >= 0.6 is 0 Å². The number of fused-ring (bicyclic) bond motifs is 1. The maximum absolute atomic E-state index is 11.2. The Balaban J connectivity index is 1.88. The van der Waals surface area contributed by atoms with Gasteiger partial charge in [-0.3, -0.25) is 0 Å². The summed E-state index contributed by atoms with van der Waals surface area (Å²) in [5, 5.41) is 17.1. The summed E-state index contributed by atoms with van der Waals surface area (Å²) in [6.45, 7) is 2.66. The number of aliphatic hydroxyl groups is 1. The number of hydrogen-bond donors (Lipinski definition) is 3. The average molecular weight is 288 g/mol. The van der Waals surface area contributed by atoms with Gasteiger partial charge in [-0.15, -0.1) is 0 Å². The minimum Gasteiger partial charge on any atom is -0.490 e. The Bertz CT molecular complexity index is 596. The SMILES string of the molecule is CCNC(=O)NC[C@@H](O)COc1cccc2ccccc12. The van der Waals surface area contributed by atoms with Crippen LogP contribution in [0.1, 0.15) is 6.92 Å². The second-order valence-electron chi connectivity index (χ2n) is 4.68. The van der Waals surface area contributed by atoms with Crippen molar-refractivity contribution < 1.29 is 14.6 Å². The summed E-state index contributed by atoms with van der Waals surface area (Å²) in [6, 6.07) is 13.4. The highest BCUT2D eigenvalue weighted by Crippen LogP contribution is 2.25. The molecule has 0 saturated heterocycles. The van der Waals surface area contributed by atoms with Gasteiger partial charge in [0.25, 0.3) is 0 Å². The summed E-state index contributed by atoms with van der Waals surface area (Å²) < 4.78 is 5.65. The Kier molecular flexibility index (Phi) is 5.40. The van der Waals surface area contributed by atoms with Gasteiger partial charge in [0.2, 0.25) is 0 Å². The van der Waals surface area contributed by atoms with Crippen molar-refractivity contribution in [2.75, 3.05) is 19.7 Å². The van der Waals surface area contributed by atoms with Gasteiger partial charge in [-0.1, -0.05) is 36.4 Å². The monoisotopic (exact) mass is 288 g/mol. The first-order valence-electron chi connectivity index (χ1n) is 7.01. The van der Waals surface area contributed by atoms with Gasteiger partial charge in [-0.05, 0) is 18.4 Å².